The van der Waals surface area contributed by atoms with Gasteiger partial charge in [0.2, 0.25) is 23.3 Å². The molecule has 0 unspecified atom stereocenters. The SMILES string of the molecule is COCCN1C(=O)[C@H]2[C@@H](C1=O)[C@@]1([NH2+][C@@H]2CC(N)=O)C(=O)Nc2ccc(Cl)cc21. The Labute approximate surface area is 165 Å². The van der Waals surface area contributed by atoms with Crippen molar-refractivity contribution in [3.05, 3.63) is 28.8 Å². The summed E-state index contributed by atoms with van der Waals surface area (Å²) < 4.78 is 5.00. The van der Waals surface area contributed by atoms with E-state index in [1.165, 1.54) is 7.11 Å². The lowest BCUT2D eigenvalue weighted by Gasteiger charge is -2.26. The van der Waals surface area contributed by atoms with Gasteiger partial charge in [0.05, 0.1) is 25.3 Å². The number of carbonyl (C=O) groups excluding carboxylic acids is 4. The Hall–Kier alpha value is -2.49. The average molecular weight is 408 g/mol. The van der Waals surface area contributed by atoms with Gasteiger partial charge in [-0.15, -0.1) is 0 Å². The Balaban J connectivity index is 1.85. The number of fused-ring (bicyclic) bond motifs is 4. The number of methoxy groups -OCH3 is 1. The number of nitrogens with zero attached hydrogens (tertiary/aromatic N) is 1. The normalized spacial score (nSPS) is 30.7. The second kappa shape index (κ2) is 6.54. The van der Waals surface area contributed by atoms with Crippen LogP contribution >= 0.6 is 11.6 Å². The first-order chi connectivity index (χ1) is 13.3. The molecular weight excluding hydrogens is 388 g/mol. The number of hydrogen-bond acceptors (Lipinski definition) is 5. The summed E-state index contributed by atoms with van der Waals surface area (Å²) in [4.78, 5) is 52.1. The molecule has 2 fully saturated rings. The lowest BCUT2D eigenvalue weighted by Crippen LogP contribution is -2.99. The van der Waals surface area contributed by atoms with Gasteiger partial charge in [-0.1, -0.05) is 11.6 Å². The fourth-order valence-electron chi connectivity index (χ4n) is 4.82. The van der Waals surface area contributed by atoms with Crippen LogP contribution in [0.5, 0.6) is 0 Å². The van der Waals surface area contributed by atoms with Crippen molar-refractivity contribution in [2.24, 2.45) is 17.6 Å². The first-order valence-corrected chi connectivity index (χ1v) is 9.29. The highest BCUT2D eigenvalue weighted by molar-refractivity contribution is 6.31. The average Bonchev–Trinajstić information content (AvgIpc) is 3.19. The Morgan fingerprint density at radius 2 is 2.11 bits per heavy atom. The van der Waals surface area contributed by atoms with E-state index in [9.17, 15) is 19.2 Å². The number of anilines is 1. The van der Waals surface area contributed by atoms with Gasteiger partial charge in [-0.3, -0.25) is 24.1 Å². The molecule has 10 heteroatoms. The number of primary amides is 1. The Kier molecular flexibility index (Phi) is 4.40. The number of imide groups is 1. The van der Waals surface area contributed by atoms with Crippen LogP contribution in [0.3, 0.4) is 0 Å². The van der Waals surface area contributed by atoms with Crippen molar-refractivity contribution >= 4 is 40.9 Å². The summed E-state index contributed by atoms with van der Waals surface area (Å²) in [6.45, 7) is 0.271. The molecule has 1 aromatic rings. The quantitative estimate of drug-likeness (QED) is 0.513. The molecule has 5 N–H and O–H groups in total. The number of carbonyl (C=O) groups is 4. The topological polar surface area (TPSA) is 135 Å². The van der Waals surface area contributed by atoms with E-state index in [2.05, 4.69) is 5.32 Å². The number of nitrogens with two attached hydrogens (primary N) is 2. The minimum Gasteiger partial charge on any atom is -0.383 e. The van der Waals surface area contributed by atoms with Crippen LogP contribution in [0.4, 0.5) is 5.69 Å². The Morgan fingerprint density at radius 1 is 1.36 bits per heavy atom. The largest absolute Gasteiger partial charge is 0.383 e. The number of ether oxygens (including phenoxy) is 1. The van der Waals surface area contributed by atoms with E-state index < -0.39 is 47.0 Å². The lowest BCUT2D eigenvalue weighted by atomic mass is 9.76. The molecule has 3 aliphatic heterocycles. The lowest BCUT2D eigenvalue weighted by molar-refractivity contribution is -0.732. The summed E-state index contributed by atoms with van der Waals surface area (Å²) in [6.07, 6.45) is -0.122. The second-order valence-electron chi connectivity index (χ2n) is 7.34. The predicted molar refractivity (Wildman–Crippen MR) is 96.9 cm³/mol. The molecule has 3 heterocycles. The van der Waals surface area contributed by atoms with Crippen LogP contribution in [-0.4, -0.2) is 54.8 Å². The zero-order valence-electron chi connectivity index (χ0n) is 15.1. The monoisotopic (exact) mass is 407 g/mol. The van der Waals surface area contributed by atoms with Gasteiger partial charge in [0, 0.05) is 17.7 Å². The molecule has 3 aliphatic rings. The summed E-state index contributed by atoms with van der Waals surface area (Å²) in [5, 5.41) is 4.84. The highest BCUT2D eigenvalue weighted by atomic mass is 35.5. The molecule has 0 radical (unpaired) electrons. The third-order valence-corrected chi connectivity index (χ3v) is 6.11. The minimum atomic E-state index is -1.36. The van der Waals surface area contributed by atoms with E-state index >= 15 is 0 Å². The van der Waals surface area contributed by atoms with Crippen LogP contribution in [-0.2, 0) is 29.5 Å². The van der Waals surface area contributed by atoms with E-state index in [0.29, 0.717) is 16.3 Å². The Morgan fingerprint density at radius 3 is 2.79 bits per heavy atom. The van der Waals surface area contributed by atoms with E-state index in [1.54, 1.807) is 23.5 Å². The van der Waals surface area contributed by atoms with Gasteiger partial charge in [-0.2, -0.15) is 0 Å². The van der Waals surface area contributed by atoms with Crippen molar-refractivity contribution in [2.45, 2.75) is 18.0 Å². The van der Waals surface area contributed by atoms with Gasteiger partial charge in [-0.25, -0.2) is 0 Å². The number of nitrogens with one attached hydrogen (secondary N) is 1. The van der Waals surface area contributed by atoms with E-state index in [0.717, 1.165) is 4.90 Å². The molecule has 1 aromatic carbocycles. The number of rotatable bonds is 5. The molecule has 4 amide bonds. The standard InChI is InChI=1S/C18H19ClN4O5/c1-28-5-4-23-15(25)13-11(7-12(20)24)22-18(14(13)16(23)26)9-6-8(19)2-3-10(9)21-17(18)27/h2-3,6,11,13-14,22H,4-5,7H2,1H3,(H2,20,24)(H,21,27)/p+1/t11-,13-,14+,18-/m1/s1. The fraction of sp³-hybridized carbons (Fsp3) is 0.444. The number of halogens is 1. The van der Waals surface area contributed by atoms with Crippen molar-refractivity contribution in [1.29, 1.82) is 0 Å². The molecular formula is C18H20ClN4O5+. The van der Waals surface area contributed by atoms with Gasteiger partial charge < -0.3 is 21.1 Å². The van der Waals surface area contributed by atoms with Crippen molar-refractivity contribution < 1.29 is 29.2 Å². The Bertz CT molecular complexity index is 906. The summed E-state index contributed by atoms with van der Waals surface area (Å²) in [7, 11) is 1.47. The molecule has 2 saturated heterocycles. The van der Waals surface area contributed by atoms with Gasteiger partial charge in [0.15, 0.2) is 0 Å². The smallest absolute Gasteiger partial charge is 0.291 e. The molecule has 4 rings (SSSR count). The molecule has 28 heavy (non-hydrogen) atoms. The number of likely N-dealkylation sites (tertiary alicyclic amines) is 1. The van der Waals surface area contributed by atoms with E-state index in [4.69, 9.17) is 22.1 Å². The van der Waals surface area contributed by atoms with Crippen molar-refractivity contribution in [1.82, 2.24) is 4.90 Å². The fourth-order valence-corrected chi connectivity index (χ4v) is 4.99. The predicted octanol–water partition coefficient (Wildman–Crippen LogP) is -1.44. The highest BCUT2D eigenvalue weighted by Gasteiger charge is 2.74. The van der Waals surface area contributed by atoms with Gasteiger partial charge in [0.1, 0.15) is 17.9 Å². The van der Waals surface area contributed by atoms with Crippen LogP contribution in [0.25, 0.3) is 0 Å². The third kappa shape index (κ3) is 2.47. The van der Waals surface area contributed by atoms with E-state index in [1.807, 2.05) is 0 Å². The number of hydrogen-bond donors (Lipinski definition) is 3. The van der Waals surface area contributed by atoms with Crippen LogP contribution < -0.4 is 16.4 Å². The number of benzene rings is 1. The van der Waals surface area contributed by atoms with Crippen LogP contribution in [0.1, 0.15) is 12.0 Å². The molecule has 4 atom stereocenters. The highest BCUT2D eigenvalue weighted by Crippen LogP contribution is 2.49. The van der Waals surface area contributed by atoms with Gasteiger partial charge in [-0.05, 0) is 18.2 Å². The van der Waals surface area contributed by atoms with Crippen LogP contribution in [0.15, 0.2) is 18.2 Å². The van der Waals surface area contributed by atoms with Crippen LogP contribution in [0, 0.1) is 11.8 Å². The number of quaternary nitrogens is 1. The number of amides is 4. The zero-order chi connectivity index (χ0) is 20.2. The maximum absolute atomic E-state index is 13.2. The van der Waals surface area contributed by atoms with E-state index in [-0.39, 0.29) is 19.6 Å². The zero-order valence-corrected chi connectivity index (χ0v) is 15.9. The van der Waals surface area contributed by atoms with Crippen LogP contribution in [0.2, 0.25) is 5.02 Å². The van der Waals surface area contributed by atoms with Gasteiger partial charge >= 0.3 is 0 Å². The first-order valence-electron chi connectivity index (χ1n) is 8.91. The molecule has 1 spiro atoms. The maximum Gasteiger partial charge on any atom is 0.291 e. The summed E-state index contributed by atoms with van der Waals surface area (Å²) in [5.41, 5.74) is 5.10. The maximum atomic E-state index is 13.2. The molecule has 0 aliphatic carbocycles. The third-order valence-electron chi connectivity index (χ3n) is 5.88. The molecule has 9 nitrogen and oxygen atoms in total. The van der Waals surface area contributed by atoms with Crippen molar-refractivity contribution in [3.63, 3.8) is 0 Å². The summed E-state index contributed by atoms with van der Waals surface area (Å²) >= 11 is 6.15. The van der Waals surface area contributed by atoms with Gasteiger partial charge in [0.25, 0.3) is 5.91 Å². The summed E-state index contributed by atoms with van der Waals surface area (Å²) in [5.74, 6) is -3.62. The summed E-state index contributed by atoms with van der Waals surface area (Å²) in [6, 6.07) is 4.31. The second-order valence-corrected chi connectivity index (χ2v) is 7.77. The molecule has 0 bridgehead atoms. The molecule has 148 valence electrons. The first kappa shape index (κ1) is 18.9. The molecule has 0 saturated carbocycles. The van der Waals surface area contributed by atoms with Crippen molar-refractivity contribution in [3.8, 4) is 0 Å². The molecule has 0 aromatic heterocycles. The van der Waals surface area contributed by atoms with Crippen molar-refractivity contribution in [2.75, 3.05) is 25.6 Å². The minimum absolute atomic E-state index is 0.0879.